The number of hydrogen-bond acceptors (Lipinski definition) is 6. The third kappa shape index (κ3) is 3.60. The number of aryl methyl sites for hydroxylation is 1. The third-order valence-electron chi connectivity index (χ3n) is 3.82. The van der Waals surface area contributed by atoms with Gasteiger partial charge in [-0.25, -0.2) is 9.07 Å². The van der Waals surface area contributed by atoms with Crippen molar-refractivity contribution in [1.82, 2.24) is 25.1 Å². The molecule has 4 aromatic rings. The number of nitrogens with zero attached hydrogens (tertiary/aromatic N) is 5. The molecule has 0 aliphatic heterocycles. The summed E-state index contributed by atoms with van der Waals surface area (Å²) < 4.78 is 19.7. The van der Waals surface area contributed by atoms with Gasteiger partial charge in [-0.05, 0) is 37.3 Å². The number of halogens is 2. The fourth-order valence-corrected chi connectivity index (χ4v) is 2.55. The van der Waals surface area contributed by atoms with Crippen LogP contribution in [0, 0.1) is 12.7 Å². The molecule has 0 aliphatic rings. The summed E-state index contributed by atoms with van der Waals surface area (Å²) in [5.41, 5.74) is 2.58. The van der Waals surface area contributed by atoms with Gasteiger partial charge in [0, 0.05) is 5.69 Å². The van der Waals surface area contributed by atoms with E-state index in [2.05, 4.69) is 25.8 Å². The molecular weight excluding hydrogens is 387 g/mol. The van der Waals surface area contributed by atoms with E-state index in [1.54, 1.807) is 10.9 Å². The van der Waals surface area contributed by atoms with Gasteiger partial charge in [0.15, 0.2) is 5.69 Å². The first-order valence-electron chi connectivity index (χ1n) is 8.09. The fourth-order valence-electron chi connectivity index (χ4n) is 2.37. The summed E-state index contributed by atoms with van der Waals surface area (Å²) in [4.78, 5) is 16.3. The van der Waals surface area contributed by atoms with E-state index in [-0.39, 0.29) is 16.7 Å². The van der Waals surface area contributed by atoms with Crippen molar-refractivity contribution < 1.29 is 13.7 Å². The molecule has 2 aromatic carbocycles. The van der Waals surface area contributed by atoms with E-state index >= 15 is 0 Å². The first-order chi connectivity index (χ1) is 13.5. The number of benzene rings is 2. The maximum absolute atomic E-state index is 13.2. The molecule has 0 aliphatic carbocycles. The van der Waals surface area contributed by atoms with Crippen LogP contribution in [0.4, 0.5) is 10.1 Å². The molecule has 1 N–H and O–H groups in total. The van der Waals surface area contributed by atoms with Crippen molar-refractivity contribution in [3.8, 4) is 17.2 Å². The number of carbonyl (C=O) groups excluding carboxylic acids is 1. The van der Waals surface area contributed by atoms with Gasteiger partial charge in [0.05, 0.1) is 16.9 Å². The Bertz CT molecular complexity index is 1160. The molecule has 0 spiro atoms. The van der Waals surface area contributed by atoms with E-state index in [1.165, 1.54) is 12.1 Å². The topological polar surface area (TPSA) is 98.7 Å². The normalized spacial score (nSPS) is 10.8. The standard InChI is InChI=1S/C18H12ClFN6O2/c1-10-2-5-12(6-3-10)26-9-15(23-25-26)16-22-18(28-24-16)17(27)21-11-4-7-14(20)13(19)8-11/h2-9H,1H3,(H,21,27). The molecule has 0 bridgehead atoms. The lowest BCUT2D eigenvalue weighted by molar-refractivity contribution is 0.0981. The van der Waals surface area contributed by atoms with E-state index < -0.39 is 11.7 Å². The maximum atomic E-state index is 13.2. The van der Waals surface area contributed by atoms with Gasteiger partial charge in [0.25, 0.3) is 0 Å². The summed E-state index contributed by atoms with van der Waals surface area (Å²) in [6, 6.07) is 11.5. The summed E-state index contributed by atoms with van der Waals surface area (Å²) in [6.45, 7) is 1.99. The van der Waals surface area contributed by atoms with Gasteiger partial charge in [0.1, 0.15) is 5.82 Å². The molecular formula is C18H12ClFN6O2. The molecule has 10 heteroatoms. The Morgan fingerprint density at radius 1 is 1.21 bits per heavy atom. The lowest BCUT2D eigenvalue weighted by atomic mass is 10.2. The molecule has 0 saturated carbocycles. The second-order valence-electron chi connectivity index (χ2n) is 5.89. The monoisotopic (exact) mass is 398 g/mol. The highest BCUT2D eigenvalue weighted by atomic mass is 35.5. The van der Waals surface area contributed by atoms with Gasteiger partial charge in [-0.2, -0.15) is 4.98 Å². The van der Waals surface area contributed by atoms with Crippen LogP contribution in [0.2, 0.25) is 5.02 Å². The van der Waals surface area contributed by atoms with E-state index in [1.807, 2.05) is 31.2 Å². The first-order valence-corrected chi connectivity index (χ1v) is 8.47. The smallest absolute Gasteiger partial charge is 0.316 e. The largest absolute Gasteiger partial charge is 0.328 e. The Morgan fingerprint density at radius 2 is 2.00 bits per heavy atom. The van der Waals surface area contributed by atoms with E-state index in [0.717, 1.165) is 17.3 Å². The van der Waals surface area contributed by atoms with Crippen molar-refractivity contribution in [2.75, 3.05) is 5.32 Å². The second-order valence-corrected chi connectivity index (χ2v) is 6.30. The fraction of sp³-hybridized carbons (Fsp3) is 0.0556. The summed E-state index contributed by atoms with van der Waals surface area (Å²) in [5.74, 6) is -1.41. The molecule has 0 atom stereocenters. The van der Waals surface area contributed by atoms with Gasteiger partial charge in [-0.1, -0.05) is 39.7 Å². The zero-order valence-electron chi connectivity index (χ0n) is 14.4. The number of anilines is 1. The second kappa shape index (κ2) is 7.20. The van der Waals surface area contributed by atoms with Crippen LogP contribution in [-0.4, -0.2) is 31.0 Å². The number of nitrogens with one attached hydrogen (secondary N) is 1. The number of hydrogen-bond donors (Lipinski definition) is 1. The van der Waals surface area contributed by atoms with E-state index in [9.17, 15) is 9.18 Å². The molecule has 0 fully saturated rings. The molecule has 2 heterocycles. The Kier molecular flexibility index (Phi) is 4.58. The van der Waals surface area contributed by atoms with Crippen LogP contribution >= 0.6 is 11.6 Å². The highest BCUT2D eigenvalue weighted by Gasteiger charge is 2.19. The zero-order chi connectivity index (χ0) is 19.7. The van der Waals surface area contributed by atoms with Crippen LogP contribution in [0.5, 0.6) is 0 Å². The molecule has 8 nitrogen and oxygen atoms in total. The quantitative estimate of drug-likeness (QED) is 0.563. The van der Waals surface area contributed by atoms with Crippen molar-refractivity contribution >= 4 is 23.2 Å². The molecule has 4 rings (SSSR count). The first kappa shape index (κ1) is 17.8. The minimum absolute atomic E-state index is 0.112. The minimum Gasteiger partial charge on any atom is -0.328 e. The summed E-state index contributed by atoms with van der Waals surface area (Å²) in [7, 11) is 0. The van der Waals surface area contributed by atoms with Crippen molar-refractivity contribution in [3.05, 3.63) is 71.0 Å². The number of carbonyl (C=O) groups is 1. The highest BCUT2D eigenvalue weighted by molar-refractivity contribution is 6.31. The Hall–Kier alpha value is -3.59. The SMILES string of the molecule is Cc1ccc(-n2cc(-c3noc(C(=O)Nc4ccc(F)c(Cl)c4)n3)nn2)cc1. The lowest BCUT2D eigenvalue weighted by Gasteiger charge is -2.02. The molecule has 0 unspecified atom stereocenters. The highest BCUT2D eigenvalue weighted by Crippen LogP contribution is 2.20. The van der Waals surface area contributed by atoms with Crippen molar-refractivity contribution in [1.29, 1.82) is 0 Å². The van der Waals surface area contributed by atoms with Gasteiger partial charge >= 0.3 is 11.8 Å². The number of rotatable bonds is 4. The van der Waals surface area contributed by atoms with Crippen LogP contribution in [0.25, 0.3) is 17.2 Å². The van der Waals surface area contributed by atoms with Crippen LogP contribution < -0.4 is 5.32 Å². The average Bonchev–Trinajstić information content (AvgIpc) is 3.35. The van der Waals surface area contributed by atoms with Crippen LogP contribution in [0.3, 0.4) is 0 Å². The van der Waals surface area contributed by atoms with Gasteiger partial charge < -0.3 is 9.84 Å². The minimum atomic E-state index is -0.660. The number of amides is 1. The maximum Gasteiger partial charge on any atom is 0.316 e. The average molecular weight is 399 g/mol. The van der Waals surface area contributed by atoms with Crippen molar-refractivity contribution in [3.63, 3.8) is 0 Å². The van der Waals surface area contributed by atoms with Crippen LogP contribution in [0.15, 0.2) is 53.2 Å². The van der Waals surface area contributed by atoms with E-state index in [4.69, 9.17) is 16.1 Å². The third-order valence-corrected chi connectivity index (χ3v) is 4.11. The van der Waals surface area contributed by atoms with Crippen molar-refractivity contribution in [2.24, 2.45) is 0 Å². The predicted molar refractivity (Wildman–Crippen MR) is 98.8 cm³/mol. The summed E-state index contributed by atoms with van der Waals surface area (Å²) >= 11 is 5.69. The van der Waals surface area contributed by atoms with E-state index in [0.29, 0.717) is 11.4 Å². The predicted octanol–water partition coefficient (Wildman–Crippen LogP) is 3.67. The summed E-state index contributed by atoms with van der Waals surface area (Å²) in [6.07, 6.45) is 1.62. The molecule has 2 aromatic heterocycles. The molecule has 0 radical (unpaired) electrons. The summed E-state index contributed by atoms with van der Waals surface area (Å²) in [5, 5.41) is 14.2. The Balaban J connectivity index is 1.52. The Labute approximate surface area is 162 Å². The number of aromatic nitrogens is 5. The molecule has 0 saturated heterocycles. The lowest BCUT2D eigenvalue weighted by Crippen LogP contribution is -2.12. The molecule has 1 amide bonds. The Morgan fingerprint density at radius 3 is 2.75 bits per heavy atom. The molecule has 140 valence electrons. The van der Waals surface area contributed by atoms with Gasteiger partial charge in [0.2, 0.25) is 5.82 Å². The van der Waals surface area contributed by atoms with Gasteiger partial charge in [-0.15, -0.1) is 5.10 Å². The van der Waals surface area contributed by atoms with Crippen LogP contribution in [-0.2, 0) is 0 Å². The zero-order valence-corrected chi connectivity index (χ0v) is 15.2. The van der Waals surface area contributed by atoms with Crippen molar-refractivity contribution in [2.45, 2.75) is 6.92 Å². The molecule has 28 heavy (non-hydrogen) atoms. The van der Waals surface area contributed by atoms with Gasteiger partial charge in [-0.3, -0.25) is 4.79 Å². The van der Waals surface area contributed by atoms with Crippen LogP contribution in [0.1, 0.15) is 16.2 Å².